The molecule has 124 valence electrons. The molecular formula is C20H21FN2O. The highest BCUT2D eigenvalue weighted by molar-refractivity contribution is 5.89. The van der Waals surface area contributed by atoms with Crippen LogP contribution in [-0.2, 0) is 19.4 Å². The molecule has 3 nitrogen and oxygen atoms in total. The van der Waals surface area contributed by atoms with E-state index >= 15 is 0 Å². The molecule has 2 N–H and O–H groups in total. The summed E-state index contributed by atoms with van der Waals surface area (Å²) in [7, 11) is 1.68. The molecule has 2 aromatic carbocycles. The Morgan fingerprint density at radius 1 is 1.17 bits per heavy atom. The largest absolute Gasteiger partial charge is 0.496 e. The maximum atomic E-state index is 14.4. The molecule has 1 atom stereocenters. The third-order valence-corrected chi connectivity index (χ3v) is 4.89. The first-order valence-corrected chi connectivity index (χ1v) is 8.33. The van der Waals surface area contributed by atoms with E-state index in [1.54, 1.807) is 13.2 Å². The highest BCUT2D eigenvalue weighted by Crippen LogP contribution is 2.33. The second kappa shape index (κ2) is 5.95. The zero-order chi connectivity index (χ0) is 16.7. The van der Waals surface area contributed by atoms with E-state index < -0.39 is 0 Å². The molecule has 0 saturated heterocycles. The summed E-state index contributed by atoms with van der Waals surface area (Å²) >= 11 is 0. The van der Waals surface area contributed by atoms with Gasteiger partial charge in [-0.15, -0.1) is 0 Å². The van der Waals surface area contributed by atoms with Gasteiger partial charge in [0.1, 0.15) is 11.6 Å². The van der Waals surface area contributed by atoms with Gasteiger partial charge in [0.2, 0.25) is 0 Å². The Bertz CT molecular complexity index is 900. The molecule has 1 aliphatic heterocycles. The number of hydrogen-bond donors (Lipinski definition) is 2. The smallest absolute Gasteiger partial charge is 0.147 e. The molecule has 2 heterocycles. The van der Waals surface area contributed by atoms with Crippen molar-refractivity contribution < 1.29 is 9.13 Å². The van der Waals surface area contributed by atoms with Crippen LogP contribution in [0.2, 0.25) is 0 Å². The molecule has 3 aromatic rings. The lowest BCUT2D eigenvalue weighted by Gasteiger charge is -2.20. The average Bonchev–Trinajstić information content (AvgIpc) is 2.97. The van der Waals surface area contributed by atoms with E-state index in [-0.39, 0.29) is 5.82 Å². The number of fused-ring (bicyclic) bond motifs is 3. The topological polar surface area (TPSA) is 37.0 Å². The lowest BCUT2D eigenvalue weighted by atomic mass is 9.95. The van der Waals surface area contributed by atoms with Crippen LogP contribution in [0.15, 0.2) is 36.4 Å². The first-order chi connectivity index (χ1) is 11.7. The quantitative estimate of drug-likeness (QED) is 0.766. The van der Waals surface area contributed by atoms with E-state index in [1.807, 2.05) is 24.3 Å². The highest BCUT2D eigenvalue weighted by atomic mass is 19.1. The average molecular weight is 324 g/mol. The SMILES string of the molecule is COc1ccccc1Cc1ccc(F)c2[nH]c3c(c12)CNC(C)C3. The molecule has 24 heavy (non-hydrogen) atoms. The van der Waals surface area contributed by atoms with Crippen LogP contribution in [-0.4, -0.2) is 18.1 Å². The predicted octanol–water partition coefficient (Wildman–Crippen LogP) is 3.94. The summed E-state index contributed by atoms with van der Waals surface area (Å²) < 4.78 is 19.8. The van der Waals surface area contributed by atoms with Crippen molar-refractivity contribution in [3.8, 4) is 5.75 Å². The highest BCUT2D eigenvalue weighted by Gasteiger charge is 2.22. The fraction of sp³-hybridized carbons (Fsp3) is 0.300. The third kappa shape index (κ3) is 2.47. The predicted molar refractivity (Wildman–Crippen MR) is 94.1 cm³/mol. The summed E-state index contributed by atoms with van der Waals surface area (Å²) in [5.41, 5.74) is 5.23. The minimum absolute atomic E-state index is 0.184. The van der Waals surface area contributed by atoms with E-state index in [0.717, 1.165) is 47.3 Å². The molecule has 0 spiro atoms. The van der Waals surface area contributed by atoms with E-state index in [0.29, 0.717) is 11.6 Å². The Labute approximate surface area is 140 Å². The second-order valence-corrected chi connectivity index (χ2v) is 6.51. The van der Waals surface area contributed by atoms with Crippen molar-refractivity contribution in [1.82, 2.24) is 10.3 Å². The van der Waals surface area contributed by atoms with Crippen LogP contribution < -0.4 is 10.1 Å². The van der Waals surface area contributed by atoms with Gasteiger partial charge in [-0.2, -0.15) is 0 Å². The Morgan fingerprint density at radius 3 is 2.83 bits per heavy atom. The number of nitrogens with one attached hydrogen (secondary N) is 2. The Morgan fingerprint density at radius 2 is 2.00 bits per heavy atom. The summed E-state index contributed by atoms with van der Waals surface area (Å²) in [6, 6.07) is 11.9. The Balaban J connectivity index is 1.85. The van der Waals surface area contributed by atoms with E-state index in [1.165, 1.54) is 5.56 Å². The van der Waals surface area contributed by atoms with Gasteiger partial charge < -0.3 is 15.0 Å². The fourth-order valence-corrected chi connectivity index (χ4v) is 3.69. The monoisotopic (exact) mass is 324 g/mol. The number of halogens is 1. The van der Waals surface area contributed by atoms with Crippen molar-refractivity contribution in [2.24, 2.45) is 0 Å². The van der Waals surface area contributed by atoms with Crippen LogP contribution in [0.5, 0.6) is 5.75 Å². The van der Waals surface area contributed by atoms with E-state index in [2.05, 4.69) is 23.3 Å². The second-order valence-electron chi connectivity index (χ2n) is 6.51. The zero-order valence-electron chi connectivity index (χ0n) is 13.9. The molecule has 0 amide bonds. The molecule has 0 fully saturated rings. The molecule has 4 heteroatoms. The molecule has 0 saturated carbocycles. The first-order valence-electron chi connectivity index (χ1n) is 8.33. The van der Waals surface area contributed by atoms with Crippen molar-refractivity contribution in [2.45, 2.75) is 32.4 Å². The summed E-state index contributed by atoms with van der Waals surface area (Å²) in [4.78, 5) is 3.32. The molecule has 0 aliphatic carbocycles. The minimum atomic E-state index is -0.184. The van der Waals surface area contributed by atoms with Crippen LogP contribution >= 0.6 is 0 Å². The van der Waals surface area contributed by atoms with Crippen molar-refractivity contribution >= 4 is 10.9 Å². The zero-order valence-corrected chi connectivity index (χ0v) is 13.9. The van der Waals surface area contributed by atoms with Crippen molar-refractivity contribution in [2.75, 3.05) is 7.11 Å². The van der Waals surface area contributed by atoms with E-state index in [9.17, 15) is 4.39 Å². The molecule has 0 radical (unpaired) electrons. The van der Waals surface area contributed by atoms with Crippen LogP contribution in [0, 0.1) is 5.82 Å². The number of rotatable bonds is 3. The lowest BCUT2D eigenvalue weighted by molar-refractivity contribution is 0.410. The molecule has 1 aromatic heterocycles. The lowest BCUT2D eigenvalue weighted by Crippen LogP contribution is -2.32. The molecule has 1 unspecified atom stereocenters. The standard InChI is InChI=1S/C20H21FN2O/c1-12-9-17-15(11-22-12)19-14(7-8-16(21)20(19)23-17)10-13-5-3-4-6-18(13)24-2/h3-8,12,22-23H,9-11H2,1-2H3. The third-order valence-electron chi connectivity index (χ3n) is 4.89. The van der Waals surface area contributed by atoms with Gasteiger partial charge in [-0.05, 0) is 35.7 Å². The molecule has 4 rings (SSSR count). The van der Waals surface area contributed by atoms with Gasteiger partial charge in [0.15, 0.2) is 0 Å². The van der Waals surface area contributed by atoms with Gasteiger partial charge in [0.05, 0.1) is 12.6 Å². The van der Waals surface area contributed by atoms with Crippen LogP contribution in [0.4, 0.5) is 4.39 Å². The molecular weight excluding hydrogens is 303 g/mol. The maximum Gasteiger partial charge on any atom is 0.147 e. The van der Waals surface area contributed by atoms with Gasteiger partial charge in [-0.25, -0.2) is 4.39 Å². The minimum Gasteiger partial charge on any atom is -0.496 e. The number of aromatic nitrogens is 1. The molecule has 1 aliphatic rings. The van der Waals surface area contributed by atoms with Gasteiger partial charge >= 0.3 is 0 Å². The summed E-state index contributed by atoms with van der Waals surface area (Å²) in [5, 5.41) is 4.51. The van der Waals surface area contributed by atoms with Gasteiger partial charge in [0.25, 0.3) is 0 Å². The van der Waals surface area contributed by atoms with Crippen LogP contribution in [0.25, 0.3) is 10.9 Å². The Kier molecular flexibility index (Phi) is 3.77. The van der Waals surface area contributed by atoms with Crippen LogP contribution in [0.3, 0.4) is 0 Å². The van der Waals surface area contributed by atoms with Crippen LogP contribution in [0.1, 0.15) is 29.3 Å². The van der Waals surface area contributed by atoms with Crippen molar-refractivity contribution in [3.05, 3.63) is 64.6 Å². The summed E-state index contributed by atoms with van der Waals surface area (Å²) in [5.74, 6) is 0.682. The van der Waals surface area contributed by atoms with Gasteiger partial charge in [0, 0.05) is 36.5 Å². The van der Waals surface area contributed by atoms with Gasteiger partial charge in [-0.1, -0.05) is 24.3 Å². The number of H-pyrrole nitrogens is 1. The van der Waals surface area contributed by atoms with Crippen molar-refractivity contribution in [3.63, 3.8) is 0 Å². The van der Waals surface area contributed by atoms with Gasteiger partial charge in [-0.3, -0.25) is 0 Å². The fourth-order valence-electron chi connectivity index (χ4n) is 3.69. The number of para-hydroxylation sites is 1. The number of aromatic amines is 1. The summed E-state index contributed by atoms with van der Waals surface area (Å²) in [6.07, 6.45) is 1.62. The van der Waals surface area contributed by atoms with Crippen molar-refractivity contribution in [1.29, 1.82) is 0 Å². The Hall–Kier alpha value is -2.33. The maximum absolute atomic E-state index is 14.4. The first kappa shape index (κ1) is 15.2. The number of ether oxygens (including phenoxy) is 1. The number of hydrogen-bond acceptors (Lipinski definition) is 2. The van der Waals surface area contributed by atoms with E-state index in [4.69, 9.17) is 4.74 Å². The normalized spacial score (nSPS) is 17.0. The molecule has 0 bridgehead atoms. The number of benzene rings is 2. The summed E-state index contributed by atoms with van der Waals surface area (Å²) in [6.45, 7) is 2.93. The number of methoxy groups -OCH3 is 1.